The van der Waals surface area contributed by atoms with E-state index in [1.54, 1.807) is 5.56 Å². The Morgan fingerprint density at radius 2 is 1.14 bits per heavy atom. The Hall–Kier alpha value is -1.30. The third kappa shape index (κ3) is 3.07. The molecule has 22 heavy (non-hydrogen) atoms. The van der Waals surface area contributed by atoms with Crippen LogP contribution in [-0.4, -0.2) is 0 Å². The van der Waals surface area contributed by atoms with E-state index < -0.39 is 0 Å². The molecule has 0 aromatic heterocycles. The minimum absolute atomic E-state index is 0.559. The molecule has 0 saturated heterocycles. The average Bonchev–Trinajstić information content (AvgIpc) is 2.43. The van der Waals surface area contributed by atoms with Gasteiger partial charge in [-0.15, -0.1) is 0 Å². The van der Waals surface area contributed by atoms with Gasteiger partial charge in [0.05, 0.1) is 0 Å². The molecule has 0 heterocycles. The van der Waals surface area contributed by atoms with E-state index in [-0.39, 0.29) is 0 Å². The SMILES string of the molecule is CC(C)c1ccc2c(C(C)C)c(C(C)C)cc(C(C)C)c2c1. The van der Waals surface area contributed by atoms with Gasteiger partial charge in [0.15, 0.2) is 0 Å². The van der Waals surface area contributed by atoms with Gasteiger partial charge in [-0.3, -0.25) is 0 Å². The van der Waals surface area contributed by atoms with Gasteiger partial charge in [-0.2, -0.15) is 0 Å². The summed E-state index contributed by atoms with van der Waals surface area (Å²) in [7, 11) is 0. The van der Waals surface area contributed by atoms with E-state index in [4.69, 9.17) is 0 Å². The van der Waals surface area contributed by atoms with Gasteiger partial charge in [0.2, 0.25) is 0 Å². The van der Waals surface area contributed by atoms with Gasteiger partial charge in [-0.25, -0.2) is 0 Å². The highest BCUT2D eigenvalue weighted by Gasteiger charge is 2.18. The van der Waals surface area contributed by atoms with Crippen molar-refractivity contribution in [1.29, 1.82) is 0 Å². The van der Waals surface area contributed by atoms with Crippen LogP contribution in [0.25, 0.3) is 10.8 Å². The highest BCUT2D eigenvalue weighted by molar-refractivity contribution is 5.91. The number of hydrogen-bond donors (Lipinski definition) is 0. The Bertz CT molecular complexity index is 657. The molecule has 0 amide bonds. The summed E-state index contributed by atoms with van der Waals surface area (Å²) < 4.78 is 0. The maximum atomic E-state index is 2.48. The molecule has 0 nitrogen and oxygen atoms in total. The number of rotatable bonds is 4. The van der Waals surface area contributed by atoms with Crippen LogP contribution in [0.5, 0.6) is 0 Å². The molecule has 2 aromatic rings. The molecule has 0 saturated carbocycles. The maximum absolute atomic E-state index is 2.48. The maximum Gasteiger partial charge on any atom is -0.0143 e. The molecule has 0 aliphatic carbocycles. The summed E-state index contributed by atoms with van der Waals surface area (Å²) >= 11 is 0. The Kier molecular flexibility index (Phi) is 5.00. The zero-order valence-electron chi connectivity index (χ0n) is 15.6. The largest absolute Gasteiger partial charge is 0.0587 e. The second-order valence-electron chi connectivity index (χ2n) is 7.89. The molecule has 0 aliphatic heterocycles. The number of hydrogen-bond acceptors (Lipinski definition) is 0. The van der Waals surface area contributed by atoms with Crippen LogP contribution in [0, 0.1) is 0 Å². The summed E-state index contributed by atoms with van der Waals surface area (Å²) in [5, 5.41) is 2.93. The third-order valence-electron chi connectivity index (χ3n) is 4.75. The lowest BCUT2D eigenvalue weighted by molar-refractivity contribution is 0.787. The normalized spacial score (nSPS) is 12.4. The molecule has 0 unspecified atom stereocenters. The van der Waals surface area contributed by atoms with Gasteiger partial charge in [0.1, 0.15) is 0 Å². The second-order valence-corrected chi connectivity index (χ2v) is 7.89. The monoisotopic (exact) mass is 296 g/mol. The summed E-state index contributed by atoms with van der Waals surface area (Å²) in [6, 6.07) is 9.62. The first-order valence-electron chi connectivity index (χ1n) is 8.84. The standard InChI is InChI=1S/C22H32/c1-13(2)17-9-10-18-21(11-17)19(14(3)4)12-20(15(5)6)22(18)16(7)8/h9-16H,1-8H3. The van der Waals surface area contributed by atoms with Crippen molar-refractivity contribution in [3.8, 4) is 0 Å². The molecule has 0 spiro atoms. The summed E-state index contributed by atoms with van der Waals surface area (Å²) in [5.41, 5.74) is 6.03. The van der Waals surface area contributed by atoms with Crippen LogP contribution in [0.1, 0.15) is 101 Å². The zero-order chi connectivity index (χ0) is 16.6. The van der Waals surface area contributed by atoms with E-state index in [1.807, 2.05) is 0 Å². The van der Waals surface area contributed by atoms with E-state index in [0.717, 1.165) is 0 Å². The predicted molar refractivity (Wildman–Crippen MR) is 100 cm³/mol. The van der Waals surface area contributed by atoms with Crippen LogP contribution in [0.4, 0.5) is 0 Å². The minimum Gasteiger partial charge on any atom is -0.0587 e. The Morgan fingerprint density at radius 1 is 0.545 bits per heavy atom. The molecular weight excluding hydrogens is 264 g/mol. The zero-order valence-corrected chi connectivity index (χ0v) is 15.6. The first-order valence-corrected chi connectivity index (χ1v) is 8.84. The Morgan fingerprint density at radius 3 is 1.59 bits per heavy atom. The summed E-state index contributed by atoms with van der Waals surface area (Å²) in [4.78, 5) is 0. The van der Waals surface area contributed by atoms with Gasteiger partial charge in [0.25, 0.3) is 0 Å². The van der Waals surface area contributed by atoms with Crippen LogP contribution in [0.3, 0.4) is 0 Å². The van der Waals surface area contributed by atoms with Crippen LogP contribution in [0.2, 0.25) is 0 Å². The average molecular weight is 296 g/mol. The molecule has 2 aromatic carbocycles. The fourth-order valence-corrected chi connectivity index (χ4v) is 3.47. The summed E-state index contributed by atoms with van der Waals surface area (Å²) in [5.74, 6) is 2.27. The van der Waals surface area contributed by atoms with E-state index >= 15 is 0 Å². The van der Waals surface area contributed by atoms with Crippen molar-refractivity contribution in [2.75, 3.05) is 0 Å². The summed E-state index contributed by atoms with van der Waals surface area (Å²) in [6.45, 7) is 18.5. The van der Waals surface area contributed by atoms with Crippen molar-refractivity contribution in [3.63, 3.8) is 0 Å². The topological polar surface area (TPSA) is 0 Å². The molecule has 0 fully saturated rings. The van der Waals surface area contributed by atoms with Crippen molar-refractivity contribution in [3.05, 3.63) is 46.5 Å². The lowest BCUT2D eigenvalue weighted by Gasteiger charge is -2.23. The highest BCUT2D eigenvalue weighted by Crippen LogP contribution is 2.38. The lowest BCUT2D eigenvalue weighted by Crippen LogP contribution is -2.04. The number of fused-ring (bicyclic) bond motifs is 1. The van der Waals surface area contributed by atoms with Gasteiger partial charge in [-0.05, 0) is 56.7 Å². The minimum atomic E-state index is 0.559. The molecule has 0 bridgehead atoms. The van der Waals surface area contributed by atoms with Crippen molar-refractivity contribution in [2.24, 2.45) is 0 Å². The van der Waals surface area contributed by atoms with Crippen molar-refractivity contribution in [2.45, 2.75) is 79.1 Å². The Labute approximate surface area is 136 Å². The van der Waals surface area contributed by atoms with Crippen LogP contribution in [0.15, 0.2) is 24.3 Å². The second kappa shape index (κ2) is 6.44. The van der Waals surface area contributed by atoms with E-state index in [1.165, 1.54) is 27.5 Å². The third-order valence-corrected chi connectivity index (χ3v) is 4.75. The molecule has 2 rings (SSSR count). The molecule has 120 valence electrons. The van der Waals surface area contributed by atoms with Crippen LogP contribution >= 0.6 is 0 Å². The smallest absolute Gasteiger partial charge is 0.0143 e. The summed E-state index contributed by atoms with van der Waals surface area (Å²) in [6.07, 6.45) is 0. The fourth-order valence-electron chi connectivity index (χ4n) is 3.47. The number of benzene rings is 2. The van der Waals surface area contributed by atoms with Crippen molar-refractivity contribution < 1.29 is 0 Å². The predicted octanol–water partition coefficient (Wildman–Crippen LogP) is 7.33. The molecule has 0 aliphatic rings. The lowest BCUT2D eigenvalue weighted by atomic mass is 9.81. The van der Waals surface area contributed by atoms with Gasteiger partial charge in [0, 0.05) is 0 Å². The van der Waals surface area contributed by atoms with E-state index in [2.05, 4.69) is 79.7 Å². The molecule has 0 heteroatoms. The molecule has 0 atom stereocenters. The van der Waals surface area contributed by atoms with Gasteiger partial charge >= 0.3 is 0 Å². The van der Waals surface area contributed by atoms with Gasteiger partial charge in [-0.1, -0.05) is 79.7 Å². The molecule has 0 radical (unpaired) electrons. The van der Waals surface area contributed by atoms with Crippen molar-refractivity contribution >= 4 is 10.8 Å². The first kappa shape index (κ1) is 17.1. The first-order chi connectivity index (χ1) is 10.2. The quantitative estimate of drug-likeness (QED) is 0.554. The molecular formula is C22H32. The van der Waals surface area contributed by atoms with Gasteiger partial charge < -0.3 is 0 Å². The van der Waals surface area contributed by atoms with Crippen LogP contribution < -0.4 is 0 Å². The molecule has 0 N–H and O–H groups in total. The highest BCUT2D eigenvalue weighted by atomic mass is 14.2. The van der Waals surface area contributed by atoms with Crippen LogP contribution in [-0.2, 0) is 0 Å². The Balaban J connectivity index is 2.91. The van der Waals surface area contributed by atoms with Crippen molar-refractivity contribution in [1.82, 2.24) is 0 Å². The van der Waals surface area contributed by atoms with E-state index in [0.29, 0.717) is 23.7 Å². The van der Waals surface area contributed by atoms with E-state index in [9.17, 15) is 0 Å². The fraction of sp³-hybridized carbons (Fsp3) is 0.545.